The first-order valence-electron chi connectivity index (χ1n) is 9.03. The molecule has 0 aromatic carbocycles. The molecule has 1 amide bonds. The number of aromatic amines is 1. The summed E-state index contributed by atoms with van der Waals surface area (Å²) < 4.78 is 1.60. The summed E-state index contributed by atoms with van der Waals surface area (Å²) in [7, 11) is 1.65. The number of nitrogens with zero attached hydrogens (tertiary/aromatic N) is 5. The van der Waals surface area contributed by atoms with E-state index in [1.807, 2.05) is 0 Å². The molecule has 0 atom stereocenters. The van der Waals surface area contributed by atoms with Gasteiger partial charge in [0.05, 0.1) is 6.54 Å². The maximum absolute atomic E-state index is 11.7. The maximum Gasteiger partial charge on any atom is 0.267 e. The number of H-pyrrole nitrogens is 1. The molecular weight excluding hydrogens is 386 g/mol. The highest BCUT2D eigenvalue weighted by molar-refractivity contribution is 5.98. The quantitative estimate of drug-likeness (QED) is 0.290. The first-order chi connectivity index (χ1) is 14.4. The van der Waals surface area contributed by atoms with Crippen LogP contribution in [0, 0.1) is 24.2 Å². The standard InChI is InChI=1S/C19H21N9O2/c1-4-5-6-7-28-15(16(29)10(2)27-28)19-24-18(25-26-19)14-11(9-20)12(22-3)8-13(23-14)17(21)30/h8-9,20,29H,6-7H2,1-3H3,(H2,21,30)(H,22,23)(H,24,25,26). The molecule has 3 aromatic rings. The fourth-order valence-electron chi connectivity index (χ4n) is 2.93. The van der Waals surface area contributed by atoms with Crippen LogP contribution in [0.2, 0.25) is 0 Å². The van der Waals surface area contributed by atoms with Crippen molar-refractivity contribution < 1.29 is 9.90 Å². The molecule has 0 saturated carbocycles. The molecule has 0 bridgehead atoms. The minimum atomic E-state index is -0.719. The van der Waals surface area contributed by atoms with Crippen molar-refractivity contribution in [2.24, 2.45) is 5.73 Å². The van der Waals surface area contributed by atoms with Crippen molar-refractivity contribution >= 4 is 17.8 Å². The Morgan fingerprint density at radius 2 is 2.23 bits per heavy atom. The SMILES string of the molecule is CC#CCCn1nc(C)c(O)c1-c1nc(-c2nc(C(N)=O)cc(NC)c2C=N)n[nH]1. The summed E-state index contributed by atoms with van der Waals surface area (Å²) in [6.45, 7) is 3.89. The number of rotatable bonds is 7. The number of nitrogens with two attached hydrogens (primary N) is 1. The summed E-state index contributed by atoms with van der Waals surface area (Å²) in [6.07, 6.45) is 1.64. The van der Waals surface area contributed by atoms with Gasteiger partial charge in [-0.15, -0.1) is 11.8 Å². The number of aryl methyl sites for hydroxylation is 2. The first kappa shape index (κ1) is 20.5. The minimum Gasteiger partial charge on any atom is -0.504 e. The maximum atomic E-state index is 11.7. The second kappa shape index (κ2) is 8.44. The number of aromatic hydroxyl groups is 1. The van der Waals surface area contributed by atoms with E-state index < -0.39 is 5.91 Å². The number of carbonyl (C=O) groups excluding carboxylic acids is 1. The lowest BCUT2D eigenvalue weighted by Gasteiger charge is -2.10. The lowest BCUT2D eigenvalue weighted by molar-refractivity contribution is 0.0995. The third-order valence-corrected chi connectivity index (χ3v) is 4.37. The van der Waals surface area contributed by atoms with Gasteiger partial charge in [-0.05, 0) is 19.9 Å². The molecule has 0 saturated heterocycles. The number of pyridine rings is 1. The zero-order valence-electron chi connectivity index (χ0n) is 16.7. The van der Waals surface area contributed by atoms with Crippen LogP contribution in [-0.2, 0) is 6.54 Å². The van der Waals surface area contributed by atoms with Crippen LogP contribution in [0.1, 0.15) is 35.1 Å². The number of hydrogen-bond donors (Lipinski definition) is 5. The van der Waals surface area contributed by atoms with Crippen LogP contribution in [0.15, 0.2) is 6.07 Å². The van der Waals surface area contributed by atoms with Gasteiger partial charge in [0.15, 0.2) is 11.6 Å². The Bertz CT molecular complexity index is 1180. The summed E-state index contributed by atoms with van der Waals surface area (Å²) in [5, 5.41) is 32.4. The third-order valence-electron chi connectivity index (χ3n) is 4.37. The van der Waals surface area contributed by atoms with E-state index in [4.69, 9.17) is 11.1 Å². The number of primary amides is 1. The van der Waals surface area contributed by atoms with Gasteiger partial charge in [-0.1, -0.05) is 0 Å². The molecule has 3 aromatic heterocycles. The topological polar surface area (TPSA) is 171 Å². The molecule has 11 heteroatoms. The van der Waals surface area contributed by atoms with Gasteiger partial charge in [0.25, 0.3) is 5.91 Å². The van der Waals surface area contributed by atoms with Crippen molar-refractivity contribution in [2.75, 3.05) is 12.4 Å². The van der Waals surface area contributed by atoms with Crippen molar-refractivity contribution in [1.82, 2.24) is 29.9 Å². The minimum absolute atomic E-state index is 0.00757. The van der Waals surface area contributed by atoms with Crippen molar-refractivity contribution in [3.05, 3.63) is 23.0 Å². The molecule has 0 fully saturated rings. The Kier molecular flexibility index (Phi) is 5.78. The molecule has 3 heterocycles. The van der Waals surface area contributed by atoms with E-state index in [1.54, 1.807) is 25.6 Å². The average Bonchev–Trinajstić information content (AvgIpc) is 3.31. The zero-order chi connectivity index (χ0) is 21.8. The van der Waals surface area contributed by atoms with Crippen molar-refractivity contribution in [2.45, 2.75) is 26.8 Å². The molecule has 154 valence electrons. The Morgan fingerprint density at radius 3 is 2.87 bits per heavy atom. The molecule has 0 spiro atoms. The van der Waals surface area contributed by atoms with Crippen LogP contribution in [0.3, 0.4) is 0 Å². The Balaban J connectivity index is 2.12. The summed E-state index contributed by atoms with van der Waals surface area (Å²) in [5.41, 5.74) is 7.27. The molecule has 0 aliphatic heterocycles. The van der Waals surface area contributed by atoms with E-state index in [9.17, 15) is 9.90 Å². The monoisotopic (exact) mass is 407 g/mol. The lowest BCUT2D eigenvalue weighted by Crippen LogP contribution is -2.15. The van der Waals surface area contributed by atoms with Crippen molar-refractivity contribution in [3.63, 3.8) is 0 Å². The van der Waals surface area contributed by atoms with Crippen LogP contribution in [0.25, 0.3) is 23.0 Å². The molecule has 30 heavy (non-hydrogen) atoms. The average molecular weight is 407 g/mol. The number of nitrogens with one attached hydrogen (secondary N) is 3. The number of carbonyl (C=O) groups is 1. The van der Waals surface area contributed by atoms with Crippen molar-refractivity contribution in [1.29, 1.82) is 5.41 Å². The van der Waals surface area contributed by atoms with Crippen LogP contribution in [-0.4, -0.2) is 54.2 Å². The highest BCUT2D eigenvalue weighted by Crippen LogP contribution is 2.32. The number of amides is 1. The number of hydrogen-bond acceptors (Lipinski definition) is 8. The molecule has 3 rings (SSSR count). The second-order valence-corrected chi connectivity index (χ2v) is 6.27. The van der Waals surface area contributed by atoms with Gasteiger partial charge in [-0.2, -0.15) is 10.2 Å². The van der Waals surface area contributed by atoms with Gasteiger partial charge in [0.1, 0.15) is 22.8 Å². The Morgan fingerprint density at radius 1 is 1.47 bits per heavy atom. The van der Waals surface area contributed by atoms with Crippen LogP contribution < -0.4 is 11.1 Å². The zero-order valence-corrected chi connectivity index (χ0v) is 16.7. The lowest BCUT2D eigenvalue weighted by atomic mass is 10.1. The van der Waals surface area contributed by atoms with Crippen LogP contribution in [0.4, 0.5) is 5.69 Å². The molecule has 11 nitrogen and oxygen atoms in total. The largest absolute Gasteiger partial charge is 0.504 e. The molecule has 0 unspecified atom stereocenters. The van der Waals surface area contributed by atoms with E-state index in [-0.39, 0.29) is 28.8 Å². The normalized spacial score (nSPS) is 10.4. The Labute approximate surface area is 172 Å². The van der Waals surface area contributed by atoms with Crippen molar-refractivity contribution in [3.8, 4) is 40.6 Å². The van der Waals surface area contributed by atoms with E-state index in [0.717, 1.165) is 6.21 Å². The summed E-state index contributed by atoms with van der Waals surface area (Å²) in [6, 6.07) is 1.46. The number of aromatic nitrogens is 6. The predicted octanol–water partition coefficient (Wildman–Crippen LogP) is 1.30. The van der Waals surface area contributed by atoms with Gasteiger partial charge in [-0.25, -0.2) is 9.97 Å². The van der Waals surface area contributed by atoms with Gasteiger partial charge in [0.2, 0.25) is 5.82 Å². The molecule has 0 radical (unpaired) electrons. The fraction of sp³-hybridized carbons (Fsp3) is 0.263. The van der Waals surface area contributed by atoms with E-state index in [0.29, 0.717) is 35.6 Å². The molecular formula is C19H21N9O2. The summed E-state index contributed by atoms with van der Waals surface area (Å²) in [4.78, 5) is 20.3. The second-order valence-electron chi connectivity index (χ2n) is 6.27. The fourth-order valence-corrected chi connectivity index (χ4v) is 2.93. The predicted molar refractivity (Wildman–Crippen MR) is 111 cm³/mol. The number of anilines is 1. The first-order valence-corrected chi connectivity index (χ1v) is 9.03. The smallest absolute Gasteiger partial charge is 0.267 e. The van der Waals surface area contributed by atoms with Crippen LogP contribution in [0.5, 0.6) is 5.75 Å². The van der Waals surface area contributed by atoms with Crippen LogP contribution >= 0.6 is 0 Å². The molecule has 0 aliphatic rings. The van der Waals surface area contributed by atoms with Gasteiger partial charge < -0.3 is 21.6 Å². The summed E-state index contributed by atoms with van der Waals surface area (Å²) >= 11 is 0. The highest BCUT2D eigenvalue weighted by atomic mass is 16.3. The van der Waals surface area contributed by atoms with Gasteiger partial charge in [0, 0.05) is 30.9 Å². The van der Waals surface area contributed by atoms with E-state index >= 15 is 0 Å². The van der Waals surface area contributed by atoms with E-state index in [2.05, 4.69) is 42.4 Å². The molecule has 0 aliphatic carbocycles. The van der Waals surface area contributed by atoms with E-state index in [1.165, 1.54) is 6.07 Å². The van der Waals surface area contributed by atoms with Gasteiger partial charge in [-0.3, -0.25) is 14.6 Å². The highest BCUT2D eigenvalue weighted by Gasteiger charge is 2.23. The third kappa shape index (κ3) is 3.70. The summed E-state index contributed by atoms with van der Waals surface area (Å²) in [5.74, 6) is 5.44. The Hall–Kier alpha value is -4.20. The molecule has 6 N–H and O–H groups in total. The van der Waals surface area contributed by atoms with Gasteiger partial charge >= 0.3 is 0 Å².